The van der Waals surface area contributed by atoms with Crippen molar-refractivity contribution in [3.63, 3.8) is 0 Å². The van der Waals surface area contributed by atoms with Crippen molar-refractivity contribution >= 4 is 22.3 Å². The summed E-state index contributed by atoms with van der Waals surface area (Å²) in [5, 5.41) is 8.92. The first-order valence-electron chi connectivity index (χ1n) is 14.5. The lowest BCUT2D eigenvalue weighted by atomic mass is 9.99. The van der Waals surface area contributed by atoms with E-state index in [0.29, 0.717) is 25.4 Å². The second kappa shape index (κ2) is 12.8. The number of hydrazone groups is 1. The van der Waals surface area contributed by atoms with Crippen LogP contribution in [-0.4, -0.2) is 89.9 Å². The zero-order chi connectivity index (χ0) is 30.6. The van der Waals surface area contributed by atoms with Gasteiger partial charge in [-0.05, 0) is 70.2 Å². The highest BCUT2D eigenvalue weighted by molar-refractivity contribution is 6.15. The summed E-state index contributed by atoms with van der Waals surface area (Å²) in [7, 11) is 8.04. The maximum Gasteiger partial charge on any atom is 0.138 e. The predicted molar refractivity (Wildman–Crippen MR) is 173 cm³/mol. The number of pyridine rings is 3. The Labute approximate surface area is 256 Å². The quantitative estimate of drug-likeness (QED) is 0.204. The molecule has 10 nitrogen and oxygen atoms in total. The second-order valence-corrected chi connectivity index (χ2v) is 11.4. The number of rotatable bonds is 11. The summed E-state index contributed by atoms with van der Waals surface area (Å²) in [5.74, 6) is 0.402. The summed E-state index contributed by atoms with van der Waals surface area (Å²) in [6.07, 6.45) is 8.93. The van der Waals surface area contributed by atoms with Crippen LogP contribution in [0.15, 0.2) is 72.5 Å². The van der Waals surface area contributed by atoms with Gasteiger partial charge in [-0.2, -0.15) is 5.10 Å². The third kappa shape index (κ3) is 6.53. The Morgan fingerprint density at radius 1 is 0.841 bits per heavy atom. The molecule has 0 radical (unpaired) electrons. The standard InChI is InChI=1S/C33H36FN9O/c1-42(2)6-5-37-25-10-21(9-24(34)13-25)29-18-36-19-32-27(29)14-30(40-32)33-28-12-23(16-38-31(28)20-39-41-33)22-11-26(17-35-15-22)44-8-7-43(3)4/h9-19,37,39-40H,5-8,20H2,1-4H3. The Morgan fingerprint density at radius 3 is 2.50 bits per heavy atom. The van der Waals surface area contributed by atoms with E-state index >= 15 is 0 Å². The Morgan fingerprint density at radius 2 is 1.66 bits per heavy atom. The van der Waals surface area contributed by atoms with E-state index in [0.717, 1.165) is 74.6 Å². The van der Waals surface area contributed by atoms with Crippen molar-refractivity contribution in [1.82, 2.24) is 35.2 Å². The van der Waals surface area contributed by atoms with E-state index < -0.39 is 0 Å². The Kier molecular flexibility index (Phi) is 8.49. The van der Waals surface area contributed by atoms with Gasteiger partial charge in [-0.25, -0.2) is 4.39 Å². The van der Waals surface area contributed by atoms with Crippen molar-refractivity contribution in [2.75, 3.05) is 59.7 Å². The van der Waals surface area contributed by atoms with E-state index in [-0.39, 0.29) is 5.82 Å². The Bertz CT molecular complexity index is 1810. The predicted octanol–water partition coefficient (Wildman–Crippen LogP) is 4.60. The minimum atomic E-state index is -0.308. The lowest BCUT2D eigenvalue weighted by Gasteiger charge is -2.17. The molecule has 226 valence electrons. The number of nitrogens with one attached hydrogen (secondary N) is 3. The minimum absolute atomic E-state index is 0.308. The molecular weight excluding hydrogens is 557 g/mol. The molecule has 0 saturated heterocycles. The third-order valence-electron chi connectivity index (χ3n) is 7.41. The molecule has 0 fully saturated rings. The number of hydrogen-bond acceptors (Lipinski definition) is 9. The fraction of sp³-hybridized carbons (Fsp3) is 0.273. The van der Waals surface area contributed by atoms with Crippen molar-refractivity contribution in [3.05, 3.63) is 90.2 Å². The molecule has 0 spiro atoms. The average molecular weight is 594 g/mol. The third-order valence-corrected chi connectivity index (χ3v) is 7.41. The van der Waals surface area contributed by atoms with Gasteiger partial charge in [-0.1, -0.05) is 0 Å². The Hall–Kier alpha value is -4.87. The molecular formula is C33H36FN9O. The molecule has 5 heterocycles. The highest BCUT2D eigenvalue weighted by Gasteiger charge is 2.21. The van der Waals surface area contributed by atoms with Crippen molar-refractivity contribution < 1.29 is 9.13 Å². The molecule has 1 aliphatic heterocycles. The van der Waals surface area contributed by atoms with Gasteiger partial charge in [0.25, 0.3) is 0 Å². The van der Waals surface area contributed by atoms with Gasteiger partial charge in [0.15, 0.2) is 0 Å². The lowest BCUT2D eigenvalue weighted by molar-refractivity contribution is 0.261. The van der Waals surface area contributed by atoms with E-state index in [4.69, 9.17) is 9.72 Å². The van der Waals surface area contributed by atoms with Gasteiger partial charge in [0.1, 0.15) is 23.9 Å². The number of aromatic amines is 1. The van der Waals surface area contributed by atoms with Gasteiger partial charge < -0.3 is 30.3 Å². The van der Waals surface area contributed by atoms with Crippen molar-refractivity contribution in [2.45, 2.75) is 6.54 Å². The molecule has 1 aliphatic rings. The maximum absolute atomic E-state index is 14.7. The van der Waals surface area contributed by atoms with Crippen LogP contribution in [0.4, 0.5) is 10.1 Å². The number of nitrogens with zero attached hydrogens (tertiary/aromatic N) is 6. The minimum Gasteiger partial charge on any atom is -0.491 e. The smallest absolute Gasteiger partial charge is 0.138 e. The van der Waals surface area contributed by atoms with Crippen LogP contribution >= 0.6 is 0 Å². The van der Waals surface area contributed by atoms with E-state index in [1.807, 2.05) is 58.8 Å². The lowest BCUT2D eigenvalue weighted by Crippen LogP contribution is -2.22. The summed E-state index contributed by atoms with van der Waals surface area (Å²) in [4.78, 5) is 21.3. The monoisotopic (exact) mass is 593 g/mol. The highest BCUT2D eigenvalue weighted by atomic mass is 19.1. The molecule has 0 aliphatic carbocycles. The molecule has 0 atom stereocenters. The molecule has 6 rings (SSSR count). The number of hydrogen-bond donors (Lipinski definition) is 3. The van der Waals surface area contributed by atoms with E-state index in [9.17, 15) is 4.39 Å². The number of fused-ring (bicyclic) bond motifs is 2. The second-order valence-electron chi connectivity index (χ2n) is 11.4. The molecule has 3 N–H and O–H groups in total. The van der Waals surface area contributed by atoms with Crippen LogP contribution < -0.4 is 15.5 Å². The van der Waals surface area contributed by atoms with Crippen LogP contribution in [0, 0.1) is 5.82 Å². The maximum atomic E-state index is 14.7. The first-order chi connectivity index (χ1) is 21.3. The van der Waals surface area contributed by atoms with Crippen LogP contribution in [0.5, 0.6) is 5.75 Å². The normalized spacial score (nSPS) is 12.8. The molecule has 4 aromatic heterocycles. The molecule has 11 heteroatoms. The van der Waals surface area contributed by atoms with Gasteiger partial charge in [-0.15, -0.1) is 0 Å². The van der Waals surface area contributed by atoms with Gasteiger partial charge in [0.2, 0.25) is 0 Å². The van der Waals surface area contributed by atoms with E-state index in [1.54, 1.807) is 18.6 Å². The summed E-state index contributed by atoms with van der Waals surface area (Å²) < 4.78 is 20.6. The van der Waals surface area contributed by atoms with Crippen molar-refractivity contribution in [2.24, 2.45) is 5.10 Å². The van der Waals surface area contributed by atoms with Gasteiger partial charge in [-0.3, -0.25) is 15.0 Å². The van der Waals surface area contributed by atoms with Crippen LogP contribution in [0.25, 0.3) is 33.2 Å². The average Bonchev–Trinajstić information content (AvgIpc) is 3.44. The highest BCUT2D eigenvalue weighted by Crippen LogP contribution is 2.33. The van der Waals surface area contributed by atoms with Crippen LogP contribution in [0.2, 0.25) is 0 Å². The summed E-state index contributed by atoms with van der Waals surface area (Å²) >= 11 is 0. The largest absolute Gasteiger partial charge is 0.491 e. The topological polar surface area (TPSA) is 107 Å². The van der Waals surface area contributed by atoms with E-state index in [2.05, 4.69) is 46.7 Å². The summed E-state index contributed by atoms with van der Waals surface area (Å²) in [5.41, 5.74) is 11.4. The van der Waals surface area contributed by atoms with Gasteiger partial charge >= 0.3 is 0 Å². The molecule has 5 aromatic rings. The molecule has 0 amide bonds. The molecule has 0 bridgehead atoms. The number of likely N-dealkylation sites (N-methyl/N-ethyl adjacent to an activating group) is 2. The first kappa shape index (κ1) is 29.2. The first-order valence-corrected chi connectivity index (χ1v) is 14.5. The fourth-order valence-corrected chi connectivity index (χ4v) is 5.14. The SMILES string of the molecule is CN(C)CCNc1cc(F)cc(-c2cncc3[nH]c(C4=NNCc5ncc(-c6cncc(OCCN(C)C)c6)cc54)cc23)c1. The fourth-order valence-electron chi connectivity index (χ4n) is 5.14. The zero-order valence-electron chi connectivity index (χ0n) is 25.4. The summed E-state index contributed by atoms with van der Waals surface area (Å²) in [6, 6.07) is 11.1. The van der Waals surface area contributed by atoms with Crippen molar-refractivity contribution in [3.8, 4) is 28.0 Å². The number of H-pyrrole nitrogens is 1. The number of halogens is 1. The molecule has 0 unspecified atom stereocenters. The van der Waals surface area contributed by atoms with E-state index in [1.165, 1.54) is 12.1 Å². The van der Waals surface area contributed by atoms with Gasteiger partial charge in [0, 0.05) is 71.6 Å². The number of ether oxygens (including phenoxy) is 1. The van der Waals surface area contributed by atoms with Crippen LogP contribution in [-0.2, 0) is 6.54 Å². The van der Waals surface area contributed by atoms with Crippen LogP contribution in [0.3, 0.4) is 0 Å². The molecule has 1 aromatic carbocycles. The van der Waals surface area contributed by atoms with Gasteiger partial charge in [0.05, 0.1) is 35.8 Å². The zero-order valence-corrected chi connectivity index (χ0v) is 25.4. The molecule has 0 saturated carbocycles. The summed E-state index contributed by atoms with van der Waals surface area (Å²) in [6.45, 7) is 3.45. The number of aromatic nitrogens is 4. The number of benzene rings is 1. The number of anilines is 1. The van der Waals surface area contributed by atoms with Crippen molar-refractivity contribution in [1.29, 1.82) is 0 Å². The van der Waals surface area contributed by atoms with Crippen LogP contribution in [0.1, 0.15) is 17.0 Å². The molecule has 44 heavy (non-hydrogen) atoms. The Balaban J connectivity index is 1.32.